The lowest BCUT2D eigenvalue weighted by Gasteiger charge is -2.06. The summed E-state index contributed by atoms with van der Waals surface area (Å²) in [6.07, 6.45) is 2.04. The number of aromatic amines is 1. The van der Waals surface area contributed by atoms with Crippen LogP contribution in [0, 0.1) is 11.3 Å². The lowest BCUT2D eigenvalue weighted by molar-refractivity contribution is 0.392. The number of methoxy groups -OCH3 is 1. The molecule has 0 fully saturated rings. The maximum absolute atomic E-state index is 8.42. The zero-order chi connectivity index (χ0) is 8.97. The van der Waals surface area contributed by atoms with Gasteiger partial charge in [-0.25, -0.2) is 0 Å². The Morgan fingerprint density at radius 3 is 3.17 bits per heavy atom. The highest BCUT2D eigenvalue weighted by atomic mass is 16.5. The van der Waals surface area contributed by atoms with Crippen molar-refractivity contribution < 1.29 is 4.74 Å². The second-order valence-corrected chi connectivity index (χ2v) is 2.43. The van der Waals surface area contributed by atoms with E-state index in [-0.39, 0.29) is 6.04 Å². The van der Waals surface area contributed by atoms with E-state index >= 15 is 0 Å². The molecule has 0 aromatic carbocycles. The van der Waals surface area contributed by atoms with Gasteiger partial charge in [-0.2, -0.15) is 5.26 Å². The first-order valence-corrected chi connectivity index (χ1v) is 3.63. The Hall–Kier alpha value is -1.47. The second kappa shape index (κ2) is 3.79. The van der Waals surface area contributed by atoms with Crippen molar-refractivity contribution in [3.63, 3.8) is 0 Å². The summed E-state index contributed by atoms with van der Waals surface area (Å²) in [5.74, 6) is 0.637. The van der Waals surface area contributed by atoms with Crippen LogP contribution in [0.1, 0.15) is 18.0 Å². The molecule has 0 unspecified atom stereocenters. The Morgan fingerprint density at radius 1 is 1.83 bits per heavy atom. The molecule has 0 radical (unpaired) electrons. The molecule has 1 aromatic rings. The van der Waals surface area contributed by atoms with Crippen molar-refractivity contribution in [3.05, 3.63) is 17.8 Å². The predicted molar refractivity (Wildman–Crippen MR) is 44.5 cm³/mol. The molecule has 0 saturated carbocycles. The van der Waals surface area contributed by atoms with Crippen LogP contribution in [0.4, 0.5) is 0 Å². The summed E-state index contributed by atoms with van der Waals surface area (Å²) in [6.45, 7) is 0. The molecule has 12 heavy (non-hydrogen) atoms. The fourth-order valence-electron chi connectivity index (χ4n) is 1.04. The van der Waals surface area contributed by atoms with Gasteiger partial charge in [0.2, 0.25) is 0 Å². The molecule has 4 nitrogen and oxygen atoms in total. The van der Waals surface area contributed by atoms with E-state index in [2.05, 4.69) is 4.98 Å². The van der Waals surface area contributed by atoms with Gasteiger partial charge < -0.3 is 15.5 Å². The summed E-state index contributed by atoms with van der Waals surface area (Å²) in [5.41, 5.74) is 6.55. The number of H-pyrrole nitrogens is 1. The minimum atomic E-state index is -0.267. The van der Waals surface area contributed by atoms with E-state index in [9.17, 15) is 0 Å². The zero-order valence-corrected chi connectivity index (χ0v) is 6.87. The highest BCUT2D eigenvalue weighted by Crippen LogP contribution is 2.23. The third kappa shape index (κ3) is 1.57. The van der Waals surface area contributed by atoms with E-state index in [4.69, 9.17) is 15.7 Å². The topological polar surface area (TPSA) is 74.8 Å². The third-order valence-electron chi connectivity index (χ3n) is 1.65. The molecule has 0 saturated heterocycles. The SMILES string of the molecule is COc1[nH]ccc1[C@@H](N)CC#N. The maximum atomic E-state index is 8.42. The van der Waals surface area contributed by atoms with Gasteiger partial charge in [0.05, 0.1) is 19.6 Å². The standard InChI is InChI=1S/C8H11N3O/c1-12-8-6(3-5-11-8)7(10)2-4-9/h3,5,7,11H,2,10H2,1H3/t7-/m0/s1. The van der Waals surface area contributed by atoms with Crippen LogP contribution in [-0.2, 0) is 0 Å². The van der Waals surface area contributed by atoms with Gasteiger partial charge in [0.25, 0.3) is 0 Å². The highest BCUT2D eigenvalue weighted by Gasteiger charge is 2.11. The molecular formula is C8H11N3O. The average molecular weight is 165 g/mol. The van der Waals surface area contributed by atoms with E-state index < -0.39 is 0 Å². The van der Waals surface area contributed by atoms with Gasteiger partial charge in [-0.3, -0.25) is 0 Å². The number of rotatable bonds is 3. The van der Waals surface area contributed by atoms with Crippen LogP contribution in [0.3, 0.4) is 0 Å². The summed E-state index contributed by atoms with van der Waals surface area (Å²) >= 11 is 0. The van der Waals surface area contributed by atoms with Crippen molar-refractivity contribution in [2.45, 2.75) is 12.5 Å². The summed E-state index contributed by atoms with van der Waals surface area (Å²) in [5, 5.41) is 8.42. The summed E-state index contributed by atoms with van der Waals surface area (Å²) in [6, 6.07) is 3.57. The van der Waals surface area contributed by atoms with Crippen molar-refractivity contribution in [1.82, 2.24) is 4.98 Å². The van der Waals surface area contributed by atoms with E-state index in [0.717, 1.165) is 5.56 Å². The summed E-state index contributed by atoms with van der Waals surface area (Å²) in [7, 11) is 1.56. The summed E-state index contributed by atoms with van der Waals surface area (Å²) < 4.78 is 5.01. The minimum absolute atomic E-state index is 0.267. The van der Waals surface area contributed by atoms with Crippen LogP contribution in [0.25, 0.3) is 0 Å². The van der Waals surface area contributed by atoms with Gasteiger partial charge in [0, 0.05) is 17.8 Å². The lowest BCUT2D eigenvalue weighted by atomic mass is 10.1. The lowest BCUT2D eigenvalue weighted by Crippen LogP contribution is -2.09. The number of nitrogens with zero attached hydrogens (tertiary/aromatic N) is 1. The first kappa shape index (κ1) is 8.62. The number of hydrogen-bond acceptors (Lipinski definition) is 3. The molecule has 1 heterocycles. The van der Waals surface area contributed by atoms with Gasteiger partial charge >= 0.3 is 0 Å². The molecule has 1 atom stereocenters. The van der Waals surface area contributed by atoms with Crippen LogP contribution in [0.15, 0.2) is 12.3 Å². The number of nitriles is 1. The second-order valence-electron chi connectivity index (χ2n) is 2.43. The van der Waals surface area contributed by atoms with Crippen molar-refractivity contribution in [1.29, 1.82) is 5.26 Å². The molecule has 3 N–H and O–H groups in total. The monoisotopic (exact) mass is 165 g/mol. The van der Waals surface area contributed by atoms with E-state index in [1.54, 1.807) is 13.3 Å². The van der Waals surface area contributed by atoms with Crippen molar-refractivity contribution in [2.75, 3.05) is 7.11 Å². The Balaban J connectivity index is 2.80. The molecule has 64 valence electrons. The number of nitrogens with one attached hydrogen (secondary N) is 1. The van der Waals surface area contributed by atoms with Gasteiger partial charge in [-0.1, -0.05) is 0 Å². The number of hydrogen-bond donors (Lipinski definition) is 2. The maximum Gasteiger partial charge on any atom is 0.195 e. The zero-order valence-electron chi connectivity index (χ0n) is 6.87. The highest BCUT2D eigenvalue weighted by molar-refractivity contribution is 5.30. The van der Waals surface area contributed by atoms with Gasteiger partial charge in [0.1, 0.15) is 0 Å². The Kier molecular flexibility index (Phi) is 2.72. The van der Waals surface area contributed by atoms with E-state index in [1.807, 2.05) is 12.1 Å². The minimum Gasteiger partial charge on any atom is -0.482 e. The third-order valence-corrected chi connectivity index (χ3v) is 1.65. The quantitative estimate of drug-likeness (QED) is 0.699. The first-order valence-electron chi connectivity index (χ1n) is 3.63. The predicted octanol–water partition coefficient (Wildman–Crippen LogP) is 0.937. The molecule has 0 aliphatic carbocycles. The number of nitrogens with two attached hydrogens (primary N) is 1. The molecule has 0 aliphatic rings. The fraction of sp³-hybridized carbons (Fsp3) is 0.375. The van der Waals surface area contributed by atoms with Crippen LogP contribution in [-0.4, -0.2) is 12.1 Å². The number of ether oxygens (including phenoxy) is 1. The van der Waals surface area contributed by atoms with Gasteiger partial charge in [-0.15, -0.1) is 0 Å². The molecule has 0 spiro atoms. The largest absolute Gasteiger partial charge is 0.482 e. The molecule has 4 heteroatoms. The van der Waals surface area contributed by atoms with E-state index in [0.29, 0.717) is 12.3 Å². The van der Waals surface area contributed by atoms with Crippen molar-refractivity contribution in [2.24, 2.45) is 5.73 Å². The Morgan fingerprint density at radius 2 is 2.58 bits per heavy atom. The van der Waals surface area contributed by atoms with Crippen LogP contribution in [0.2, 0.25) is 0 Å². The van der Waals surface area contributed by atoms with Crippen LogP contribution >= 0.6 is 0 Å². The Bertz CT molecular complexity index is 287. The molecule has 1 aromatic heterocycles. The molecule has 0 bridgehead atoms. The molecular weight excluding hydrogens is 154 g/mol. The molecule has 0 amide bonds. The van der Waals surface area contributed by atoms with Gasteiger partial charge in [-0.05, 0) is 6.07 Å². The van der Waals surface area contributed by atoms with Crippen LogP contribution < -0.4 is 10.5 Å². The number of aromatic nitrogens is 1. The summed E-state index contributed by atoms with van der Waals surface area (Å²) in [4.78, 5) is 2.88. The molecule has 1 rings (SSSR count). The first-order chi connectivity index (χ1) is 5.79. The van der Waals surface area contributed by atoms with Crippen molar-refractivity contribution >= 4 is 0 Å². The van der Waals surface area contributed by atoms with Crippen LogP contribution in [0.5, 0.6) is 5.88 Å². The smallest absolute Gasteiger partial charge is 0.195 e. The van der Waals surface area contributed by atoms with Crippen molar-refractivity contribution in [3.8, 4) is 11.9 Å². The van der Waals surface area contributed by atoms with Gasteiger partial charge in [0.15, 0.2) is 5.88 Å². The van der Waals surface area contributed by atoms with E-state index in [1.165, 1.54) is 0 Å². The Labute approximate surface area is 70.9 Å². The fourth-order valence-corrected chi connectivity index (χ4v) is 1.04. The average Bonchev–Trinajstić information content (AvgIpc) is 2.51. The molecule has 0 aliphatic heterocycles. The normalized spacial score (nSPS) is 12.1.